The SMILES string of the molecule is CCCCOc1cc2c(cc1Cl)-c1cc(=O)c(N)cn1[C@H](C(C)C)CO2. The molecule has 2 N–H and O–H groups in total. The van der Waals surface area contributed by atoms with Crippen molar-refractivity contribution < 1.29 is 9.47 Å². The molecule has 140 valence electrons. The summed E-state index contributed by atoms with van der Waals surface area (Å²) in [6.45, 7) is 7.44. The molecule has 6 heteroatoms. The maximum Gasteiger partial charge on any atom is 0.205 e. The van der Waals surface area contributed by atoms with Gasteiger partial charge < -0.3 is 19.8 Å². The van der Waals surface area contributed by atoms with Crippen LogP contribution < -0.4 is 20.6 Å². The third-order valence-electron chi connectivity index (χ3n) is 4.71. The predicted molar refractivity (Wildman–Crippen MR) is 105 cm³/mol. The van der Waals surface area contributed by atoms with E-state index in [1.807, 2.05) is 16.7 Å². The fourth-order valence-corrected chi connectivity index (χ4v) is 3.34. The smallest absolute Gasteiger partial charge is 0.205 e. The van der Waals surface area contributed by atoms with Crippen molar-refractivity contribution in [2.45, 2.75) is 39.7 Å². The second-order valence-electron chi connectivity index (χ2n) is 6.99. The third-order valence-corrected chi connectivity index (χ3v) is 5.01. The summed E-state index contributed by atoms with van der Waals surface area (Å²) in [5.41, 5.74) is 7.44. The zero-order valence-electron chi connectivity index (χ0n) is 15.4. The number of nitrogens with two attached hydrogens (primary N) is 1. The molecular weight excluding hydrogens is 352 g/mol. The highest BCUT2D eigenvalue weighted by Gasteiger charge is 2.26. The molecule has 3 rings (SSSR count). The van der Waals surface area contributed by atoms with Crippen molar-refractivity contribution in [3.63, 3.8) is 0 Å². The van der Waals surface area contributed by atoms with Gasteiger partial charge in [0.25, 0.3) is 0 Å². The zero-order chi connectivity index (χ0) is 18.8. The third kappa shape index (κ3) is 3.54. The van der Waals surface area contributed by atoms with Crippen molar-refractivity contribution in [3.8, 4) is 22.8 Å². The monoisotopic (exact) mass is 376 g/mol. The predicted octanol–water partition coefficient (Wildman–Crippen LogP) is 4.52. The molecule has 0 radical (unpaired) electrons. The summed E-state index contributed by atoms with van der Waals surface area (Å²) in [6.07, 6.45) is 3.72. The number of pyridine rings is 1. The lowest BCUT2D eigenvalue weighted by Gasteiger charge is -2.24. The Morgan fingerprint density at radius 1 is 1.38 bits per heavy atom. The summed E-state index contributed by atoms with van der Waals surface area (Å²) in [7, 11) is 0. The first kappa shape index (κ1) is 18.6. The summed E-state index contributed by atoms with van der Waals surface area (Å²) in [6, 6.07) is 5.25. The number of hydrogen-bond acceptors (Lipinski definition) is 4. The largest absolute Gasteiger partial charge is 0.492 e. The molecule has 1 atom stereocenters. The maximum absolute atomic E-state index is 12.2. The summed E-state index contributed by atoms with van der Waals surface area (Å²) in [5.74, 6) is 1.58. The molecule has 1 aliphatic rings. The van der Waals surface area contributed by atoms with Crippen molar-refractivity contribution in [3.05, 3.63) is 39.6 Å². The van der Waals surface area contributed by atoms with Gasteiger partial charge in [0.1, 0.15) is 18.1 Å². The van der Waals surface area contributed by atoms with Crippen LogP contribution in [0.2, 0.25) is 5.02 Å². The number of benzene rings is 1. The number of halogens is 1. The lowest BCUT2D eigenvalue weighted by molar-refractivity contribution is 0.219. The average Bonchev–Trinajstić information content (AvgIpc) is 2.73. The van der Waals surface area contributed by atoms with Crippen molar-refractivity contribution >= 4 is 17.3 Å². The number of rotatable bonds is 5. The van der Waals surface area contributed by atoms with Gasteiger partial charge in [0.05, 0.1) is 29.1 Å². The first-order valence-corrected chi connectivity index (χ1v) is 9.41. The number of fused-ring (bicyclic) bond motifs is 3. The Morgan fingerprint density at radius 3 is 2.85 bits per heavy atom. The fourth-order valence-electron chi connectivity index (χ4n) is 3.12. The Bertz CT molecular complexity index is 861. The van der Waals surface area contributed by atoms with E-state index in [-0.39, 0.29) is 17.2 Å². The van der Waals surface area contributed by atoms with Crippen molar-refractivity contribution in [2.75, 3.05) is 18.9 Å². The number of nitrogen functional groups attached to an aromatic ring is 1. The van der Waals surface area contributed by atoms with E-state index < -0.39 is 0 Å². The second-order valence-corrected chi connectivity index (χ2v) is 7.40. The fraction of sp³-hybridized carbons (Fsp3) is 0.450. The Balaban J connectivity index is 2.12. The number of ether oxygens (including phenoxy) is 2. The molecule has 0 saturated heterocycles. The van der Waals surface area contributed by atoms with Gasteiger partial charge in [-0.3, -0.25) is 4.79 Å². The average molecular weight is 377 g/mol. The van der Waals surface area contributed by atoms with E-state index >= 15 is 0 Å². The van der Waals surface area contributed by atoms with E-state index in [4.69, 9.17) is 26.8 Å². The molecule has 0 bridgehead atoms. The molecule has 0 unspecified atom stereocenters. The lowest BCUT2D eigenvalue weighted by atomic mass is 10.0. The van der Waals surface area contributed by atoms with Gasteiger partial charge in [-0.2, -0.15) is 0 Å². The van der Waals surface area contributed by atoms with Gasteiger partial charge in [-0.25, -0.2) is 0 Å². The van der Waals surface area contributed by atoms with Gasteiger partial charge in [-0.15, -0.1) is 0 Å². The van der Waals surface area contributed by atoms with Crippen molar-refractivity contribution in [1.29, 1.82) is 0 Å². The van der Waals surface area contributed by atoms with Gasteiger partial charge in [0, 0.05) is 23.9 Å². The first-order valence-electron chi connectivity index (χ1n) is 9.03. The highest BCUT2D eigenvalue weighted by molar-refractivity contribution is 6.32. The van der Waals surface area contributed by atoms with Crippen LogP contribution in [0.5, 0.6) is 11.5 Å². The molecule has 0 saturated carbocycles. The van der Waals surface area contributed by atoms with Crippen LogP contribution in [0.4, 0.5) is 5.69 Å². The van der Waals surface area contributed by atoms with Gasteiger partial charge in [-0.1, -0.05) is 38.8 Å². The summed E-state index contributed by atoms with van der Waals surface area (Å²) in [5, 5.41) is 0.502. The number of nitrogens with zero attached hydrogens (tertiary/aromatic N) is 1. The van der Waals surface area contributed by atoms with E-state index in [1.165, 1.54) is 0 Å². The molecule has 2 aromatic rings. The van der Waals surface area contributed by atoms with Gasteiger partial charge in [0.15, 0.2) is 0 Å². The highest BCUT2D eigenvalue weighted by Crippen LogP contribution is 2.42. The van der Waals surface area contributed by atoms with Crippen LogP contribution in [0, 0.1) is 5.92 Å². The standard InChI is InChI=1S/C20H25ClN2O3/c1-4-5-6-25-20-9-19-13(7-14(20)21)16-8-18(24)15(22)10-23(16)17(11-26-19)12(2)3/h7-10,12,17H,4-6,11,22H2,1-3H3/t17-/m0/s1. The minimum absolute atomic E-state index is 0.0588. The molecule has 0 amide bonds. The lowest BCUT2D eigenvalue weighted by Crippen LogP contribution is -2.24. The molecule has 5 nitrogen and oxygen atoms in total. The van der Waals surface area contributed by atoms with Crippen LogP contribution in [0.15, 0.2) is 29.2 Å². The van der Waals surface area contributed by atoms with E-state index in [1.54, 1.807) is 12.3 Å². The number of anilines is 1. The number of hydrogen-bond donors (Lipinski definition) is 1. The van der Waals surface area contributed by atoms with Gasteiger partial charge >= 0.3 is 0 Å². The topological polar surface area (TPSA) is 66.5 Å². The van der Waals surface area contributed by atoms with Gasteiger partial charge in [-0.05, 0) is 18.4 Å². The zero-order valence-corrected chi connectivity index (χ0v) is 16.2. The van der Waals surface area contributed by atoms with Gasteiger partial charge in [0.2, 0.25) is 5.43 Å². The van der Waals surface area contributed by atoms with Crippen LogP contribution in [0.25, 0.3) is 11.3 Å². The van der Waals surface area contributed by atoms with Crippen LogP contribution in [0.1, 0.15) is 39.7 Å². The minimum atomic E-state index is -0.203. The first-order chi connectivity index (χ1) is 12.4. The van der Waals surface area contributed by atoms with Crippen LogP contribution in [-0.4, -0.2) is 17.8 Å². The highest BCUT2D eigenvalue weighted by atomic mass is 35.5. The number of aromatic nitrogens is 1. The number of unbranched alkanes of at least 4 members (excludes halogenated alkanes) is 1. The summed E-state index contributed by atoms with van der Waals surface area (Å²) < 4.78 is 13.9. The molecular formula is C20H25ClN2O3. The Kier molecular flexibility index (Phi) is 5.47. The normalized spacial score (nSPS) is 15.8. The van der Waals surface area contributed by atoms with E-state index in [0.29, 0.717) is 35.7 Å². The molecule has 1 aliphatic heterocycles. The molecule has 0 fully saturated rings. The molecule has 1 aromatic carbocycles. The Hall–Kier alpha value is -2.14. The van der Waals surface area contributed by atoms with E-state index in [0.717, 1.165) is 24.1 Å². The van der Waals surface area contributed by atoms with Crippen molar-refractivity contribution in [1.82, 2.24) is 4.57 Å². The Labute approximate surface area is 158 Å². The molecule has 1 aromatic heterocycles. The van der Waals surface area contributed by atoms with Crippen LogP contribution in [-0.2, 0) is 0 Å². The minimum Gasteiger partial charge on any atom is -0.492 e. The maximum atomic E-state index is 12.2. The molecule has 2 heterocycles. The quantitative estimate of drug-likeness (QED) is 0.779. The van der Waals surface area contributed by atoms with E-state index in [9.17, 15) is 4.79 Å². The second kappa shape index (κ2) is 7.62. The van der Waals surface area contributed by atoms with E-state index in [2.05, 4.69) is 20.8 Å². The molecule has 0 aliphatic carbocycles. The van der Waals surface area contributed by atoms with Crippen LogP contribution >= 0.6 is 11.6 Å². The summed E-state index contributed by atoms with van der Waals surface area (Å²) >= 11 is 6.44. The summed E-state index contributed by atoms with van der Waals surface area (Å²) in [4.78, 5) is 12.2. The molecule has 0 spiro atoms. The molecule has 26 heavy (non-hydrogen) atoms. The van der Waals surface area contributed by atoms with Crippen molar-refractivity contribution in [2.24, 2.45) is 5.92 Å². The Morgan fingerprint density at radius 2 is 2.15 bits per heavy atom. The van der Waals surface area contributed by atoms with Crippen LogP contribution in [0.3, 0.4) is 0 Å².